The van der Waals surface area contributed by atoms with Gasteiger partial charge in [0, 0.05) is 0 Å². The molecule has 0 amide bonds. The summed E-state index contributed by atoms with van der Waals surface area (Å²) in [6.07, 6.45) is 36.2. The molecule has 0 aliphatic carbocycles. The molecule has 0 saturated heterocycles. The fourth-order valence-corrected chi connectivity index (χ4v) is 2.58. The molecule has 0 aliphatic heterocycles. The third-order valence-corrected chi connectivity index (χ3v) is 4.15. The van der Waals surface area contributed by atoms with Gasteiger partial charge in [0.05, 0.1) is 6.10 Å². The second kappa shape index (κ2) is 21.7. The van der Waals surface area contributed by atoms with E-state index in [9.17, 15) is 5.11 Å². The number of rotatable bonds is 17. The molecule has 1 heteroatoms. The van der Waals surface area contributed by atoms with E-state index in [2.05, 4.69) is 67.7 Å². The van der Waals surface area contributed by atoms with Crippen molar-refractivity contribution in [2.75, 3.05) is 0 Å². The molecule has 148 valence electrons. The molecule has 0 aromatic rings. The molecule has 0 saturated carbocycles. The Balaban J connectivity index is 3.34. The summed E-state index contributed by atoms with van der Waals surface area (Å²) in [5.41, 5.74) is 0. The van der Waals surface area contributed by atoms with Gasteiger partial charge in [0.25, 0.3) is 0 Å². The zero-order valence-electron chi connectivity index (χ0n) is 17.3. The van der Waals surface area contributed by atoms with Crippen LogP contribution < -0.4 is 0 Å². The van der Waals surface area contributed by atoms with Crippen LogP contribution in [0.1, 0.15) is 90.9 Å². The normalized spacial score (nSPS) is 14.1. The van der Waals surface area contributed by atoms with E-state index in [1.165, 1.54) is 6.42 Å². The first-order valence-corrected chi connectivity index (χ1v) is 10.7. The summed E-state index contributed by atoms with van der Waals surface area (Å²) in [7, 11) is 0. The molecule has 1 N–H and O–H groups in total. The van der Waals surface area contributed by atoms with Gasteiger partial charge in [0.15, 0.2) is 0 Å². The lowest BCUT2D eigenvalue weighted by atomic mass is 10.1. The van der Waals surface area contributed by atoms with Crippen molar-refractivity contribution in [1.82, 2.24) is 0 Å². The van der Waals surface area contributed by atoms with Gasteiger partial charge in [-0.3, -0.25) is 0 Å². The van der Waals surface area contributed by atoms with Gasteiger partial charge in [-0.2, -0.15) is 0 Å². The number of hydrogen-bond acceptors (Lipinski definition) is 1. The molecular weight excluding hydrogens is 316 g/mol. The van der Waals surface area contributed by atoms with Gasteiger partial charge in [0.2, 0.25) is 0 Å². The van der Waals surface area contributed by atoms with Crippen molar-refractivity contribution in [3.8, 4) is 0 Å². The molecule has 0 aromatic heterocycles. The largest absolute Gasteiger partial charge is 0.393 e. The maximum atomic E-state index is 9.18. The lowest BCUT2D eigenvalue weighted by molar-refractivity contribution is 0.181. The van der Waals surface area contributed by atoms with Crippen LogP contribution in [-0.4, -0.2) is 11.2 Å². The van der Waals surface area contributed by atoms with E-state index in [1.54, 1.807) is 0 Å². The highest BCUT2D eigenvalue weighted by Crippen LogP contribution is 2.05. The van der Waals surface area contributed by atoms with Crippen molar-refractivity contribution < 1.29 is 5.11 Å². The fourth-order valence-electron chi connectivity index (χ4n) is 2.58. The minimum Gasteiger partial charge on any atom is -0.393 e. The fraction of sp³-hybridized carbons (Fsp3) is 0.600. The first-order chi connectivity index (χ1) is 12.8. The predicted octanol–water partition coefficient (Wildman–Crippen LogP) is 7.85. The van der Waals surface area contributed by atoms with Crippen molar-refractivity contribution in [2.24, 2.45) is 0 Å². The number of aliphatic hydroxyl groups excluding tert-OH is 1. The maximum absolute atomic E-state index is 9.18. The van der Waals surface area contributed by atoms with Gasteiger partial charge in [-0.15, -0.1) is 0 Å². The standard InChI is InChI=1S/C25H42O/c1-3-4-5-6-7-8-9-10-11-12-13-14-15-16-17-18-19-20-21-22-23-24-25(2)26/h3-4,7-8,11-12,15-16,19-20,25-26H,5-6,9-10,13-14,17-18,21-24H2,1-2H3. The van der Waals surface area contributed by atoms with E-state index in [4.69, 9.17) is 0 Å². The predicted molar refractivity (Wildman–Crippen MR) is 118 cm³/mol. The third-order valence-electron chi connectivity index (χ3n) is 4.15. The van der Waals surface area contributed by atoms with Crippen LogP contribution in [0.4, 0.5) is 0 Å². The number of unbranched alkanes of at least 4 members (excludes halogenated alkanes) is 6. The zero-order valence-corrected chi connectivity index (χ0v) is 17.3. The first-order valence-electron chi connectivity index (χ1n) is 10.7. The quantitative estimate of drug-likeness (QED) is 0.207. The summed E-state index contributed by atoms with van der Waals surface area (Å²) in [6, 6.07) is 0. The van der Waals surface area contributed by atoms with Crippen LogP contribution in [0.2, 0.25) is 0 Å². The van der Waals surface area contributed by atoms with Crippen LogP contribution in [0.3, 0.4) is 0 Å². The Morgan fingerprint density at radius 3 is 1.23 bits per heavy atom. The van der Waals surface area contributed by atoms with E-state index in [1.807, 2.05) is 6.92 Å². The van der Waals surface area contributed by atoms with Crippen molar-refractivity contribution in [3.05, 3.63) is 60.8 Å². The van der Waals surface area contributed by atoms with Crippen LogP contribution in [0.25, 0.3) is 0 Å². The van der Waals surface area contributed by atoms with Crippen molar-refractivity contribution in [2.45, 2.75) is 97.0 Å². The highest BCUT2D eigenvalue weighted by molar-refractivity contribution is 4.92. The van der Waals surface area contributed by atoms with Crippen molar-refractivity contribution in [3.63, 3.8) is 0 Å². The average Bonchev–Trinajstić information content (AvgIpc) is 2.62. The molecule has 1 nitrogen and oxygen atoms in total. The van der Waals surface area contributed by atoms with Gasteiger partial charge in [-0.05, 0) is 84.5 Å². The third kappa shape index (κ3) is 22.7. The minimum absolute atomic E-state index is 0.144. The van der Waals surface area contributed by atoms with E-state index in [0.29, 0.717) is 0 Å². The second-order valence-corrected chi connectivity index (χ2v) is 6.90. The van der Waals surface area contributed by atoms with Gasteiger partial charge in [0.1, 0.15) is 0 Å². The van der Waals surface area contributed by atoms with Crippen LogP contribution in [0.5, 0.6) is 0 Å². The molecule has 1 atom stereocenters. The Hall–Kier alpha value is -1.34. The molecule has 0 heterocycles. The monoisotopic (exact) mass is 358 g/mol. The molecule has 0 rings (SSSR count). The van der Waals surface area contributed by atoms with Crippen molar-refractivity contribution in [1.29, 1.82) is 0 Å². The Morgan fingerprint density at radius 1 is 0.538 bits per heavy atom. The smallest absolute Gasteiger partial charge is 0.0512 e. The summed E-state index contributed by atoms with van der Waals surface area (Å²) in [5, 5.41) is 9.18. The summed E-state index contributed by atoms with van der Waals surface area (Å²) in [6.45, 7) is 3.94. The molecule has 26 heavy (non-hydrogen) atoms. The van der Waals surface area contributed by atoms with Crippen LogP contribution in [0, 0.1) is 0 Å². The highest BCUT2D eigenvalue weighted by Gasteiger charge is 1.93. The zero-order chi connectivity index (χ0) is 19.1. The number of hydrogen-bond donors (Lipinski definition) is 1. The summed E-state index contributed by atoms with van der Waals surface area (Å²) in [5.74, 6) is 0. The van der Waals surface area contributed by atoms with E-state index >= 15 is 0 Å². The number of allylic oxidation sites excluding steroid dienone is 10. The Labute approximate surface area is 163 Å². The Bertz CT molecular complexity index is 410. The molecule has 0 radical (unpaired) electrons. The average molecular weight is 359 g/mol. The maximum Gasteiger partial charge on any atom is 0.0512 e. The summed E-state index contributed by atoms with van der Waals surface area (Å²) in [4.78, 5) is 0. The molecule has 1 unspecified atom stereocenters. The Kier molecular flexibility index (Phi) is 20.6. The highest BCUT2D eigenvalue weighted by atomic mass is 16.3. The second-order valence-electron chi connectivity index (χ2n) is 6.90. The topological polar surface area (TPSA) is 20.2 Å². The van der Waals surface area contributed by atoms with Crippen LogP contribution in [-0.2, 0) is 0 Å². The summed E-state index contributed by atoms with van der Waals surface area (Å²) >= 11 is 0. The molecular formula is C25H42O. The van der Waals surface area contributed by atoms with Crippen LogP contribution in [0.15, 0.2) is 60.8 Å². The minimum atomic E-state index is -0.144. The van der Waals surface area contributed by atoms with Gasteiger partial charge < -0.3 is 5.11 Å². The lowest BCUT2D eigenvalue weighted by Crippen LogP contribution is -1.97. The lowest BCUT2D eigenvalue weighted by Gasteiger charge is -2.01. The molecule has 0 aromatic carbocycles. The first kappa shape index (κ1) is 24.7. The van der Waals surface area contributed by atoms with Crippen molar-refractivity contribution >= 4 is 0 Å². The Morgan fingerprint density at radius 2 is 0.885 bits per heavy atom. The molecule has 0 bridgehead atoms. The SMILES string of the molecule is CC=CCCC=CCCC=CCCC=CCCC=CCCCCC(C)O. The number of aliphatic hydroxyl groups is 1. The molecule has 0 fully saturated rings. The van der Waals surface area contributed by atoms with Crippen LogP contribution >= 0.6 is 0 Å². The molecule has 0 aliphatic rings. The van der Waals surface area contributed by atoms with E-state index in [-0.39, 0.29) is 6.10 Å². The van der Waals surface area contributed by atoms with Gasteiger partial charge >= 0.3 is 0 Å². The molecule has 0 spiro atoms. The van der Waals surface area contributed by atoms with Gasteiger partial charge in [-0.25, -0.2) is 0 Å². The van der Waals surface area contributed by atoms with E-state index in [0.717, 1.165) is 70.6 Å². The van der Waals surface area contributed by atoms with E-state index < -0.39 is 0 Å². The summed E-state index contributed by atoms with van der Waals surface area (Å²) < 4.78 is 0. The van der Waals surface area contributed by atoms with Gasteiger partial charge in [-0.1, -0.05) is 67.2 Å².